The summed E-state index contributed by atoms with van der Waals surface area (Å²) in [6.45, 7) is 6.72. The minimum absolute atomic E-state index is 0.0812. The first kappa shape index (κ1) is 18.9. The molecule has 2 unspecified atom stereocenters. The number of rotatable bonds is 8. The SMILES string of the molecule is CCC(C)(NC(=O)C(CC(C)C)NS(C)(=O)=O)C(=O)O. The number of carboxylic acid groups (broad SMARTS) is 1. The van der Waals surface area contributed by atoms with Crippen LogP contribution >= 0.6 is 0 Å². The molecule has 7 nitrogen and oxygen atoms in total. The van der Waals surface area contributed by atoms with Crippen molar-refractivity contribution in [3.05, 3.63) is 0 Å². The molecule has 8 heteroatoms. The number of hydrogen-bond acceptors (Lipinski definition) is 4. The monoisotopic (exact) mass is 308 g/mol. The van der Waals surface area contributed by atoms with Crippen LogP contribution < -0.4 is 10.0 Å². The fraction of sp³-hybridized carbons (Fsp3) is 0.833. The molecule has 0 aromatic carbocycles. The molecule has 0 saturated carbocycles. The van der Waals surface area contributed by atoms with Gasteiger partial charge in [0.1, 0.15) is 11.6 Å². The standard InChI is InChI=1S/C12H24N2O5S/c1-6-12(4,11(16)17)13-10(15)9(7-8(2)3)14-20(5,18)19/h8-9,14H,6-7H2,1-5H3,(H,13,15)(H,16,17). The summed E-state index contributed by atoms with van der Waals surface area (Å²) in [6.07, 6.45) is 1.45. The van der Waals surface area contributed by atoms with Crippen LogP contribution in [-0.2, 0) is 19.6 Å². The minimum atomic E-state index is -3.55. The van der Waals surface area contributed by atoms with E-state index in [0.717, 1.165) is 6.26 Å². The number of amides is 1. The van der Waals surface area contributed by atoms with Crippen molar-refractivity contribution in [1.82, 2.24) is 10.0 Å². The van der Waals surface area contributed by atoms with Crippen LogP contribution in [0, 0.1) is 5.92 Å². The Morgan fingerprint density at radius 1 is 1.30 bits per heavy atom. The largest absolute Gasteiger partial charge is 0.480 e. The summed E-state index contributed by atoms with van der Waals surface area (Å²) in [5, 5.41) is 11.5. The quantitative estimate of drug-likeness (QED) is 0.598. The molecule has 0 saturated heterocycles. The lowest BCUT2D eigenvalue weighted by atomic mass is 9.97. The van der Waals surface area contributed by atoms with Gasteiger partial charge in [0.05, 0.1) is 6.26 Å². The topological polar surface area (TPSA) is 113 Å². The second kappa shape index (κ2) is 7.03. The van der Waals surface area contributed by atoms with Gasteiger partial charge in [0.25, 0.3) is 0 Å². The first-order valence-electron chi connectivity index (χ1n) is 6.44. The number of nitrogens with one attached hydrogen (secondary N) is 2. The molecule has 118 valence electrons. The van der Waals surface area contributed by atoms with Gasteiger partial charge in [-0.05, 0) is 25.7 Å². The third-order valence-corrected chi connectivity index (χ3v) is 3.67. The zero-order valence-electron chi connectivity index (χ0n) is 12.6. The number of sulfonamides is 1. The van der Waals surface area contributed by atoms with E-state index >= 15 is 0 Å². The van der Waals surface area contributed by atoms with Crippen molar-refractivity contribution >= 4 is 21.9 Å². The number of carbonyl (C=O) groups is 2. The van der Waals surface area contributed by atoms with E-state index in [2.05, 4.69) is 10.0 Å². The molecule has 0 spiro atoms. The normalized spacial score (nSPS) is 16.5. The Labute approximate surface area is 120 Å². The maximum Gasteiger partial charge on any atom is 0.329 e. The van der Waals surface area contributed by atoms with Gasteiger partial charge in [0.2, 0.25) is 15.9 Å². The van der Waals surface area contributed by atoms with E-state index in [-0.39, 0.29) is 18.8 Å². The van der Waals surface area contributed by atoms with Crippen molar-refractivity contribution in [1.29, 1.82) is 0 Å². The molecular weight excluding hydrogens is 284 g/mol. The van der Waals surface area contributed by atoms with E-state index in [9.17, 15) is 18.0 Å². The Kier molecular flexibility index (Phi) is 6.63. The number of carboxylic acids is 1. The van der Waals surface area contributed by atoms with Crippen molar-refractivity contribution in [3.8, 4) is 0 Å². The molecule has 0 rings (SSSR count). The predicted molar refractivity (Wildman–Crippen MR) is 75.7 cm³/mol. The fourth-order valence-corrected chi connectivity index (χ4v) is 2.31. The van der Waals surface area contributed by atoms with Gasteiger partial charge in [0, 0.05) is 0 Å². The third-order valence-electron chi connectivity index (χ3n) is 2.96. The van der Waals surface area contributed by atoms with Crippen LogP contribution in [-0.4, -0.2) is 43.2 Å². The predicted octanol–water partition coefficient (Wildman–Crippen LogP) is 0.320. The van der Waals surface area contributed by atoms with Crippen molar-refractivity contribution in [2.75, 3.05) is 6.26 Å². The van der Waals surface area contributed by atoms with Crippen LogP contribution in [0.4, 0.5) is 0 Å². The molecule has 0 aliphatic rings. The average molecular weight is 308 g/mol. The molecule has 20 heavy (non-hydrogen) atoms. The minimum Gasteiger partial charge on any atom is -0.480 e. The summed E-state index contributed by atoms with van der Waals surface area (Å²) in [7, 11) is -3.55. The summed E-state index contributed by atoms with van der Waals surface area (Å²) in [5.74, 6) is -1.70. The molecule has 2 atom stereocenters. The van der Waals surface area contributed by atoms with E-state index in [1.165, 1.54) is 6.92 Å². The lowest BCUT2D eigenvalue weighted by molar-refractivity contribution is -0.147. The first-order valence-corrected chi connectivity index (χ1v) is 8.33. The van der Waals surface area contributed by atoms with Crippen LogP contribution in [0.25, 0.3) is 0 Å². The highest BCUT2D eigenvalue weighted by Gasteiger charge is 2.35. The van der Waals surface area contributed by atoms with Gasteiger partial charge in [0.15, 0.2) is 0 Å². The molecule has 0 radical (unpaired) electrons. The van der Waals surface area contributed by atoms with Crippen LogP contribution in [0.15, 0.2) is 0 Å². The lowest BCUT2D eigenvalue weighted by Gasteiger charge is -2.28. The molecule has 1 amide bonds. The van der Waals surface area contributed by atoms with Gasteiger partial charge in [-0.1, -0.05) is 20.8 Å². The second-order valence-electron chi connectivity index (χ2n) is 5.55. The number of hydrogen-bond donors (Lipinski definition) is 3. The Hall–Kier alpha value is -1.15. The first-order chi connectivity index (χ1) is 8.91. The molecule has 0 heterocycles. The van der Waals surface area contributed by atoms with Crippen molar-refractivity contribution in [2.45, 2.75) is 52.1 Å². The van der Waals surface area contributed by atoms with Crippen molar-refractivity contribution in [3.63, 3.8) is 0 Å². The Morgan fingerprint density at radius 2 is 1.80 bits per heavy atom. The Bertz CT molecular complexity index is 460. The van der Waals surface area contributed by atoms with Crippen LogP contribution in [0.5, 0.6) is 0 Å². The van der Waals surface area contributed by atoms with Gasteiger partial charge >= 0.3 is 5.97 Å². The Balaban J connectivity index is 5.09. The van der Waals surface area contributed by atoms with E-state index in [0.29, 0.717) is 0 Å². The molecule has 0 aliphatic heterocycles. The summed E-state index contributed by atoms with van der Waals surface area (Å²) in [6, 6.07) is -0.977. The van der Waals surface area contributed by atoms with Gasteiger partial charge < -0.3 is 10.4 Å². The van der Waals surface area contributed by atoms with Crippen molar-refractivity contribution in [2.24, 2.45) is 5.92 Å². The van der Waals surface area contributed by atoms with Gasteiger partial charge in [-0.15, -0.1) is 0 Å². The van der Waals surface area contributed by atoms with Crippen LogP contribution in [0.3, 0.4) is 0 Å². The fourth-order valence-electron chi connectivity index (χ4n) is 1.59. The molecule has 0 aromatic rings. The molecule has 0 aromatic heterocycles. The van der Waals surface area contributed by atoms with E-state index in [1.807, 2.05) is 13.8 Å². The average Bonchev–Trinajstić information content (AvgIpc) is 2.25. The van der Waals surface area contributed by atoms with E-state index in [4.69, 9.17) is 5.11 Å². The summed E-state index contributed by atoms with van der Waals surface area (Å²) >= 11 is 0. The zero-order valence-corrected chi connectivity index (χ0v) is 13.4. The maximum atomic E-state index is 12.1. The second-order valence-corrected chi connectivity index (χ2v) is 7.33. The molecule has 3 N–H and O–H groups in total. The third kappa shape index (κ3) is 6.33. The number of carbonyl (C=O) groups excluding carboxylic acids is 1. The van der Waals surface area contributed by atoms with Gasteiger partial charge in [-0.2, -0.15) is 0 Å². The van der Waals surface area contributed by atoms with Crippen LogP contribution in [0.1, 0.15) is 40.5 Å². The lowest BCUT2D eigenvalue weighted by Crippen LogP contribution is -2.57. The highest BCUT2D eigenvalue weighted by Crippen LogP contribution is 2.12. The smallest absolute Gasteiger partial charge is 0.329 e. The van der Waals surface area contributed by atoms with Crippen LogP contribution in [0.2, 0.25) is 0 Å². The van der Waals surface area contributed by atoms with Crippen molar-refractivity contribution < 1.29 is 23.1 Å². The highest BCUT2D eigenvalue weighted by atomic mass is 32.2. The summed E-state index contributed by atoms with van der Waals surface area (Å²) < 4.78 is 24.8. The molecule has 0 aliphatic carbocycles. The Morgan fingerprint density at radius 3 is 2.10 bits per heavy atom. The van der Waals surface area contributed by atoms with Gasteiger partial charge in [-0.25, -0.2) is 17.9 Å². The van der Waals surface area contributed by atoms with E-state index in [1.54, 1.807) is 6.92 Å². The molecule has 0 bridgehead atoms. The summed E-state index contributed by atoms with van der Waals surface area (Å²) in [5.41, 5.74) is -1.41. The number of aliphatic carboxylic acids is 1. The molecule has 0 fully saturated rings. The zero-order chi connectivity index (χ0) is 16.1. The maximum absolute atomic E-state index is 12.1. The molecular formula is C12H24N2O5S. The van der Waals surface area contributed by atoms with Gasteiger partial charge in [-0.3, -0.25) is 4.79 Å². The summed E-state index contributed by atoms with van der Waals surface area (Å²) in [4.78, 5) is 23.3. The highest BCUT2D eigenvalue weighted by molar-refractivity contribution is 7.88. The van der Waals surface area contributed by atoms with E-state index < -0.39 is 33.5 Å².